The summed E-state index contributed by atoms with van der Waals surface area (Å²) in [5.41, 5.74) is 0.437. The zero-order valence-electron chi connectivity index (χ0n) is 15.2. The predicted octanol–water partition coefficient (Wildman–Crippen LogP) is 0.967. The average Bonchev–Trinajstić information content (AvgIpc) is 2.62. The summed E-state index contributed by atoms with van der Waals surface area (Å²) in [4.78, 5) is 36.8. The molecule has 26 heavy (non-hydrogen) atoms. The lowest BCUT2D eigenvalue weighted by Gasteiger charge is -2.22. The number of rotatable bonds is 10. The van der Waals surface area contributed by atoms with E-state index in [0.29, 0.717) is 17.7 Å². The predicted molar refractivity (Wildman–Crippen MR) is 101 cm³/mol. The Balaban J connectivity index is 2.78. The van der Waals surface area contributed by atoms with E-state index in [4.69, 9.17) is 4.74 Å². The summed E-state index contributed by atoms with van der Waals surface area (Å²) in [5.74, 6) is -0.984. The van der Waals surface area contributed by atoms with Crippen LogP contribution in [0.4, 0.5) is 0 Å². The Hall–Kier alpha value is -2.06. The van der Waals surface area contributed by atoms with Crippen molar-refractivity contribution < 1.29 is 24.2 Å². The highest BCUT2D eigenvalue weighted by Gasteiger charge is 2.27. The van der Waals surface area contributed by atoms with Gasteiger partial charge in [0.2, 0.25) is 5.91 Å². The Morgan fingerprint density at radius 1 is 1.12 bits per heavy atom. The van der Waals surface area contributed by atoms with Crippen LogP contribution in [0.2, 0.25) is 0 Å². The standard InChI is InChI=1S/C18H26N2O5S/c1-12(2)25-18(24)15(11-21)20-17(23)14(9-10-26-3)19-16(22)13-7-5-4-6-8-13/h4-8,12,14-15,21H,9-11H2,1-3H3,(H,19,22)(H,20,23)/t14-,15-/m0/s1. The third kappa shape index (κ3) is 7.45. The third-order valence-corrected chi connectivity index (χ3v) is 4.05. The lowest BCUT2D eigenvalue weighted by Crippen LogP contribution is -2.53. The molecule has 0 bridgehead atoms. The molecule has 0 heterocycles. The molecule has 3 N–H and O–H groups in total. The Kier molecular flexibility index (Phi) is 9.75. The molecule has 2 amide bonds. The molecular formula is C18H26N2O5S. The van der Waals surface area contributed by atoms with Crippen LogP contribution in [0.5, 0.6) is 0 Å². The van der Waals surface area contributed by atoms with Crippen LogP contribution in [0.1, 0.15) is 30.6 Å². The van der Waals surface area contributed by atoms with Gasteiger partial charge in [0.1, 0.15) is 6.04 Å². The van der Waals surface area contributed by atoms with Gasteiger partial charge in [0.15, 0.2) is 6.04 Å². The van der Waals surface area contributed by atoms with E-state index in [0.717, 1.165) is 0 Å². The molecule has 144 valence electrons. The number of carbonyl (C=O) groups is 3. The Morgan fingerprint density at radius 2 is 1.77 bits per heavy atom. The van der Waals surface area contributed by atoms with Gasteiger partial charge in [0, 0.05) is 5.56 Å². The lowest BCUT2D eigenvalue weighted by atomic mass is 10.1. The average molecular weight is 382 g/mol. The van der Waals surface area contributed by atoms with Gasteiger partial charge in [0.05, 0.1) is 12.7 Å². The number of thioether (sulfide) groups is 1. The number of ether oxygens (including phenoxy) is 1. The lowest BCUT2D eigenvalue weighted by molar-refractivity contribution is -0.152. The van der Waals surface area contributed by atoms with Crippen molar-refractivity contribution in [1.29, 1.82) is 0 Å². The van der Waals surface area contributed by atoms with Gasteiger partial charge in [-0.25, -0.2) is 4.79 Å². The van der Waals surface area contributed by atoms with E-state index in [1.807, 2.05) is 6.26 Å². The van der Waals surface area contributed by atoms with Crippen LogP contribution in [0, 0.1) is 0 Å². The second-order valence-corrected chi connectivity index (χ2v) is 6.89. The molecule has 8 heteroatoms. The summed E-state index contributed by atoms with van der Waals surface area (Å²) in [7, 11) is 0. The van der Waals surface area contributed by atoms with Crippen molar-refractivity contribution in [2.24, 2.45) is 0 Å². The summed E-state index contributed by atoms with van der Waals surface area (Å²) in [6.45, 7) is 2.77. The van der Waals surface area contributed by atoms with E-state index in [2.05, 4.69) is 10.6 Å². The fourth-order valence-corrected chi connectivity index (χ4v) is 2.57. The quantitative estimate of drug-likeness (QED) is 0.521. The molecule has 0 aliphatic carbocycles. The minimum atomic E-state index is -1.17. The summed E-state index contributed by atoms with van der Waals surface area (Å²) in [6.07, 6.45) is 1.92. The molecule has 0 saturated carbocycles. The molecule has 1 aromatic rings. The van der Waals surface area contributed by atoms with Gasteiger partial charge in [-0.2, -0.15) is 11.8 Å². The molecule has 1 rings (SSSR count). The van der Waals surface area contributed by atoms with Crippen molar-refractivity contribution in [1.82, 2.24) is 10.6 Å². The maximum Gasteiger partial charge on any atom is 0.331 e. The normalized spacial score (nSPS) is 13.0. The van der Waals surface area contributed by atoms with Gasteiger partial charge >= 0.3 is 5.97 Å². The van der Waals surface area contributed by atoms with Gasteiger partial charge in [-0.1, -0.05) is 18.2 Å². The van der Waals surface area contributed by atoms with Crippen LogP contribution < -0.4 is 10.6 Å². The van der Waals surface area contributed by atoms with E-state index < -0.39 is 30.6 Å². The first-order valence-electron chi connectivity index (χ1n) is 8.35. The van der Waals surface area contributed by atoms with Crippen molar-refractivity contribution in [3.8, 4) is 0 Å². The maximum absolute atomic E-state index is 12.5. The molecule has 0 aliphatic rings. The Morgan fingerprint density at radius 3 is 2.31 bits per heavy atom. The van der Waals surface area contributed by atoms with E-state index in [1.54, 1.807) is 44.2 Å². The summed E-state index contributed by atoms with van der Waals surface area (Å²) >= 11 is 1.54. The number of amides is 2. The molecule has 0 aromatic heterocycles. The fourth-order valence-electron chi connectivity index (χ4n) is 2.10. The summed E-state index contributed by atoms with van der Waals surface area (Å²) in [6, 6.07) is 6.56. The zero-order chi connectivity index (χ0) is 19.5. The first kappa shape index (κ1) is 22.0. The van der Waals surface area contributed by atoms with Crippen LogP contribution in [-0.2, 0) is 14.3 Å². The summed E-state index contributed by atoms with van der Waals surface area (Å²) < 4.78 is 5.01. The summed E-state index contributed by atoms with van der Waals surface area (Å²) in [5, 5.41) is 14.5. The number of esters is 1. The second kappa shape index (κ2) is 11.5. The zero-order valence-corrected chi connectivity index (χ0v) is 16.0. The molecule has 1 aromatic carbocycles. The highest BCUT2D eigenvalue weighted by atomic mass is 32.2. The molecule has 7 nitrogen and oxygen atoms in total. The smallest absolute Gasteiger partial charge is 0.331 e. The second-order valence-electron chi connectivity index (χ2n) is 5.90. The molecule has 0 radical (unpaired) electrons. The highest BCUT2D eigenvalue weighted by molar-refractivity contribution is 7.98. The number of aliphatic hydroxyl groups excluding tert-OH is 1. The van der Waals surface area contributed by atoms with Crippen molar-refractivity contribution in [2.75, 3.05) is 18.6 Å². The first-order chi connectivity index (χ1) is 12.4. The van der Waals surface area contributed by atoms with Gasteiger partial charge in [-0.05, 0) is 44.4 Å². The van der Waals surface area contributed by atoms with Gasteiger partial charge < -0.3 is 20.5 Å². The van der Waals surface area contributed by atoms with E-state index >= 15 is 0 Å². The van der Waals surface area contributed by atoms with Gasteiger partial charge in [-0.3, -0.25) is 9.59 Å². The van der Waals surface area contributed by atoms with Crippen LogP contribution in [-0.4, -0.2) is 59.7 Å². The van der Waals surface area contributed by atoms with Crippen molar-refractivity contribution in [3.63, 3.8) is 0 Å². The minimum absolute atomic E-state index is 0.362. The Bertz CT molecular complexity index is 595. The molecular weight excluding hydrogens is 356 g/mol. The molecule has 0 fully saturated rings. The number of carbonyl (C=O) groups excluding carboxylic acids is 3. The molecule has 0 aliphatic heterocycles. The van der Waals surface area contributed by atoms with Crippen LogP contribution >= 0.6 is 11.8 Å². The van der Waals surface area contributed by atoms with Gasteiger partial charge in [-0.15, -0.1) is 0 Å². The topological polar surface area (TPSA) is 105 Å². The number of benzene rings is 1. The third-order valence-electron chi connectivity index (χ3n) is 3.40. The number of hydrogen-bond donors (Lipinski definition) is 3. The molecule has 2 atom stereocenters. The van der Waals surface area contributed by atoms with E-state index in [-0.39, 0.29) is 12.0 Å². The minimum Gasteiger partial charge on any atom is -0.461 e. The van der Waals surface area contributed by atoms with E-state index in [9.17, 15) is 19.5 Å². The maximum atomic E-state index is 12.5. The van der Waals surface area contributed by atoms with Gasteiger partial charge in [0.25, 0.3) is 5.91 Å². The van der Waals surface area contributed by atoms with Crippen LogP contribution in [0.25, 0.3) is 0 Å². The SMILES string of the molecule is CSCC[C@H](NC(=O)c1ccccc1)C(=O)N[C@@H](CO)C(=O)OC(C)C. The van der Waals surface area contributed by atoms with Crippen molar-refractivity contribution >= 4 is 29.5 Å². The first-order valence-corrected chi connectivity index (χ1v) is 9.75. The number of nitrogens with one attached hydrogen (secondary N) is 2. The molecule has 0 unspecified atom stereocenters. The number of hydrogen-bond acceptors (Lipinski definition) is 6. The Labute approximate surface area is 157 Å². The van der Waals surface area contributed by atoms with Crippen LogP contribution in [0.15, 0.2) is 30.3 Å². The number of aliphatic hydroxyl groups is 1. The van der Waals surface area contributed by atoms with Crippen LogP contribution in [0.3, 0.4) is 0 Å². The van der Waals surface area contributed by atoms with E-state index in [1.165, 1.54) is 11.8 Å². The monoisotopic (exact) mass is 382 g/mol. The largest absolute Gasteiger partial charge is 0.461 e. The fraction of sp³-hybridized carbons (Fsp3) is 0.500. The highest BCUT2D eigenvalue weighted by Crippen LogP contribution is 2.05. The van der Waals surface area contributed by atoms with Crippen molar-refractivity contribution in [2.45, 2.75) is 38.5 Å². The molecule has 0 saturated heterocycles. The van der Waals surface area contributed by atoms with Crippen molar-refractivity contribution in [3.05, 3.63) is 35.9 Å². The molecule has 0 spiro atoms.